The summed E-state index contributed by atoms with van der Waals surface area (Å²) in [5, 5.41) is 0. The van der Waals surface area contributed by atoms with Gasteiger partial charge in [0.05, 0.1) is 17.8 Å². The molecule has 2 aliphatic rings. The van der Waals surface area contributed by atoms with E-state index in [1.54, 1.807) is 48.7 Å². The van der Waals surface area contributed by atoms with Crippen molar-refractivity contribution in [2.75, 3.05) is 28.3 Å². The number of allylic oxidation sites excluding steroid dienone is 1. The van der Waals surface area contributed by atoms with Crippen molar-refractivity contribution in [3.63, 3.8) is 0 Å². The fourth-order valence-corrected chi connectivity index (χ4v) is 7.23. The van der Waals surface area contributed by atoms with Gasteiger partial charge in [-0.05, 0) is 86.5 Å². The summed E-state index contributed by atoms with van der Waals surface area (Å²) in [5.41, 5.74) is -4.15. The lowest BCUT2D eigenvalue weighted by molar-refractivity contribution is -0.299. The Morgan fingerprint density at radius 2 is 1.76 bits per heavy atom. The molecule has 0 saturated carbocycles. The zero-order valence-corrected chi connectivity index (χ0v) is 31.5. The molecule has 1 aromatic heterocycles. The van der Waals surface area contributed by atoms with Gasteiger partial charge >= 0.3 is 12.1 Å². The highest BCUT2D eigenvalue weighted by Gasteiger charge is 2.53. The lowest BCUT2D eigenvalue weighted by Gasteiger charge is -2.48. The molecule has 49 heavy (non-hydrogen) atoms. The number of nitrogens with zero attached hydrogens (tertiary/aromatic N) is 3. The normalized spacial score (nSPS) is 37.6. The van der Waals surface area contributed by atoms with Crippen LogP contribution in [0, 0.1) is 17.3 Å². The molecule has 1 fully saturated rings. The maximum absolute atomic E-state index is 14.5. The van der Waals surface area contributed by atoms with E-state index in [9.17, 15) is 19.2 Å². The van der Waals surface area contributed by atoms with Crippen LogP contribution in [0.5, 0.6) is 0 Å². The van der Waals surface area contributed by atoms with Crippen LogP contribution < -0.4 is 0 Å². The Morgan fingerprint density at radius 1 is 1.10 bits per heavy atom. The molecule has 276 valence electrons. The van der Waals surface area contributed by atoms with E-state index in [2.05, 4.69) is 9.88 Å². The van der Waals surface area contributed by atoms with Gasteiger partial charge in [-0.25, -0.2) is 14.3 Å². The molecule has 0 aromatic carbocycles. The van der Waals surface area contributed by atoms with Gasteiger partial charge in [0.25, 0.3) is 0 Å². The largest absolute Gasteiger partial charge is 0.457 e. The second-order valence-electron chi connectivity index (χ2n) is 14.8. The van der Waals surface area contributed by atoms with Crippen molar-refractivity contribution in [2.45, 2.75) is 130 Å². The minimum absolute atomic E-state index is 0.0417. The molecular formula is C36H57N3O10. The molecule has 0 bridgehead atoms. The molecule has 1 saturated heterocycles. The molecule has 3 heterocycles. The molecule has 0 amide bonds. The highest BCUT2D eigenvalue weighted by molar-refractivity contribution is 6.04. The number of hydrogen-bond donors (Lipinski definition) is 0. The summed E-state index contributed by atoms with van der Waals surface area (Å²) in [6, 6.07) is -0.0417. The number of Topliss-reactive ketones (excluding diaryl/α,β-unsaturated/α-hetero) is 2. The average Bonchev–Trinajstić information content (AvgIpc) is 3.59. The van der Waals surface area contributed by atoms with Crippen LogP contribution in [0.4, 0.5) is 4.79 Å². The van der Waals surface area contributed by atoms with Crippen LogP contribution in [0.1, 0.15) is 81.6 Å². The Morgan fingerprint density at radius 3 is 2.29 bits per heavy atom. The van der Waals surface area contributed by atoms with E-state index in [1.165, 1.54) is 45.8 Å². The first-order valence-electron chi connectivity index (χ1n) is 17.0. The second kappa shape index (κ2) is 15.9. The Hall–Kier alpha value is -2.97. The van der Waals surface area contributed by atoms with Gasteiger partial charge in [0, 0.05) is 44.5 Å². The maximum atomic E-state index is 14.5. The van der Waals surface area contributed by atoms with E-state index < -0.39 is 70.9 Å². The summed E-state index contributed by atoms with van der Waals surface area (Å²) in [6.07, 6.45) is 2.37. The fourth-order valence-electron chi connectivity index (χ4n) is 7.23. The number of esters is 1. The van der Waals surface area contributed by atoms with E-state index in [0.717, 1.165) is 4.57 Å². The molecule has 0 N–H and O–H groups in total. The van der Waals surface area contributed by atoms with Crippen molar-refractivity contribution in [3.8, 4) is 0 Å². The van der Waals surface area contributed by atoms with Crippen molar-refractivity contribution >= 4 is 23.6 Å². The first-order valence-corrected chi connectivity index (χ1v) is 17.0. The predicted molar refractivity (Wildman–Crippen MR) is 181 cm³/mol. The van der Waals surface area contributed by atoms with Crippen molar-refractivity contribution in [2.24, 2.45) is 17.3 Å². The molecule has 13 heteroatoms. The van der Waals surface area contributed by atoms with Crippen LogP contribution in [-0.4, -0.2) is 114 Å². The van der Waals surface area contributed by atoms with Crippen LogP contribution in [0.2, 0.25) is 0 Å². The molecule has 3 rings (SSSR count). The average molecular weight is 692 g/mol. The predicted octanol–water partition coefficient (Wildman–Crippen LogP) is 4.61. The molecule has 0 radical (unpaired) electrons. The van der Waals surface area contributed by atoms with E-state index in [1.807, 2.05) is 21.0 Å². The van der Waals surface area contributed by atoms with Gasteiger partial charge in [-0.2, -0.15) is 0 Å². The quantitative estimate of drug-likeness (QED) is 0.291. The van der Waals surface area contributed by atoms with Gasteiger partial charge in [-0.1, -0.05) is 20.8 Å². The molecule has 13 nitrogen and oxygen atoms in total. The Bertz CT molecular complexity index is 1360. The molecular weight excluding hydrogens is 634 g/mol. The summed E-state index contributed by atoms with van der Waals surface area (Å²) >= 11 is 0. The number of methoxy groups -OCH3 is 2. The number of rotatable bonds is 7. The summed E-state index contributed by atoms with van der Waals surface area (Å²) in [4.78, 5) is 61.7. The van der Waals surface area contributed by atoms with Crippen LogP contribution in [0.15, 0.2) is 30.4 Å². The van der Waals surface area contributed by atoms with Crippen LogP contribution in [-0.2, 0) is 42.8 Å². The van der Waals surface area contributed by atoms with Gasteiger partial charge < -0.3 is 33.3 Å². The van der Waals surface area contributed by atoms with Crippen molar-refractivity contribution in [1.29, 1.82) is 0 Å². The zero-order chi connectivity index (χ0) is 37.1. The van der Waals surface area contributed by atoms with Crippen LogP contribution in [0.3, 0.4) is 0 Å². The number of likely N-dealkylation sites (N-methyl/N-ethyl adjacent to an activating group) is 1. The monoisotopic (exact) mass is 691 g/mol. The Kier molecular flexibility index (Phi) is 13.2. The molecule has 10 atom stereocenters. The molecule has 2 aliphatic heterocycles. The number of ketones is 2. The van der Waals surface area contributed by atoms with E-state index in [-0.39, 0.29) is 30.8 Å². The smallest absolute Gasteiger partial charge is 0.420 e. The molecule has 0 spiro atoms. The van der Waals surface area contributed by atoms with Gasteiger partial charge in [0.2, 0.25) is 0 Å². The number of cyclic esters (lactones) is 1. The maximum Gasteiger partial charge on any atom is 0.420 e. The summed E-state index contributed by atoms with van der Waals surface area (Å²) in [7, 11) is 7.02. The topological polar surface area (TPSA) is 145 Å². The van der Waals surface area contributed by atoms with Crippen LogP contribution in [0.25, 0.3) is 0 Å². The van der Waals surface area contributed by atoms with Crippen molar-refractivity contribution in [3.05, 3.63) is 30.4 Å². The summed E-state index contributed by atoms with van der Waals surface area (Å²) in [5.74, 6) is -3.07. The van der Waals surface area contributed by atoms with Gasteiger partial charge in [0.15, 0.2) is 23.5 Å². The third-order valence-corrected chi connectivity index (χ3v) is 10.2. The van der Waals surface area contributed by atoms with E-state index in [0.29, 0.717) is 12.0 Å². The first-order chi connectivity index (χ1) is 22.8. The minimum atomic E-state index is -1.66. The standard InChI is InChI=1S/C36H57N3O10/c1-14-26-35(8,49-33(43)39-16-15-37-20-39)18-21(2)27(40)22(3)19-36(9,45-13)30(24(5)29(41)34(6,7)32(42)47-26)48-31-28(44-12)25(38(10)11)17-23(4)46-31/h15-16,18,20,22-26,28,30-31H,14,17,19H2,1-13H3/b21-18+/t22-,23?,24+,25?,26-,28-,30-,31?,35+,36-/m1/s1. The first kappa shape index (κ1) is 40.5. The third-order valence-electron chi connectivity index (χ3n) is 10.2. The number of ether oxygens (including phenoxy) is 6. The van der Waals surface area contributed by atoms with Crippen LogP contribution >= 0.6 is 0 Å². The minimum Gasteiger partial charge on any atom is -0.457 e. The van der Waals surface area contributed by atoms with Gasteiger partial charge in [0.1, 0.15) is 24.0 Å². The van der Waals surface area contributed by atoms with E-state index >= 15 is 0 Å². The number of carbonyl (C=O) groups excluding carboxylic acids is 4. The second-order valence-corrected chi connectivity index (χ2v) is 14.8. The Labute approximate surface area is 290 Å². The SMILES string of the molecule is CC[C@H]1OC(=O)C(C)(C)C(=O)[C@H](C)[C@@H](OC2OC(C)CC(N(C)C)[C@H]2OC)[C@](C)(OC)C[C@@H](C)C(=O)/C(C)=C/[C@]1(C)OC(=O)n1ccnc1. The summed E-state index contributed by atoms with van der Waals surface area (Å²) < 4.78 is 38.2. The molecule has 0 aliphatic carbocycles. The number of imidazole rings is 1. The third kappa shape index (κ3) is 8.68. The van der Waals surface area contributed by atoms with Crippen molar-refractivity contribution in [1.82, 2.24) is 14.5 Å². The Balaban J connectivity index is 2.16. The highest BCUT2D eigenvalue weighted by Crippen LogP contribution is 2.40. The number of aromatic nitrogens is 2. The number of hydrogen-bond acceptors (Lipinski definition) is 12. The van der Waals surface area contributed by atoms with E-state index in [4.69, 9.17) is 28.4 Å². The highest BCUT2D eigenvalue weighted by atomic mass is 16.7. The lowest BCUT2D eigenvalue weighted by atomic mass is 9.73. The van der Waals surface area contributed by atoms with Gasteiger partial charge in [-0.3, -0.25) is 14.4 Å². The van der Waals surface area contributed by atoms with Crippen molar-refractivity contribution < 1.29 is 47.6 Å². The van der Waals surface area contributed by atoms with Gasteiger partial charge in [-0.15, -0.1) is 0 Å². The zero-order valence-electron chi connectivity index (χ0n) is 31.5. The lowest BCUT2D eigenvalue weighted by Crippen LogP contribution is -2.60. The molecule has 3 unspecified atom stereocenters. The number of carbonyl (C=O) groups is 4. The summed E-state index contributed by atoms with van der Waals surface area (Å²) in [6.45, 7) is 15.2. The molecule has 1 aromatic rings. The fraction of sp³-hybridized carbons (Fsp3) is 0.750.